The molecule has 1 saturated carbocycles. The van der Waals surface area contributed by atoms with E-state index in [-0.39, 0.29) is 0 Å². The molecule has 1 saturated heterocycles. The number of rotatable bonds is 1. The molecule has 2 fully saturated rings. The maximum atomic E-state index is 4.08. The molecule has 0 aromatic heterocycles. The van der Waals surface area contributed by atoms with Crippen LogP contribution in [0.2, 0.25) is 0 Å². The minimum atomic E-state index is 0.389. The second kappa shape index (κ2) is 16.1. The lowest BCUT2D eigenvalue weighted by Gasteiger charge is -2.29. The van der Waals surface area contributed by atoms with E-state index in [1.54, 1.807) is 0 Å². The minimum absolute atomic E-state index is 0.389. The lowest BCUT2D eigenvalue weighted by Crippen LogP contribution is -2.37. The van der Waals surface area contributed by atoms with E-state index in [0.29, 0.717) is 4.32 Å². The maximum absolute atomic E-state index is 4.08. The van der Waals surface area contributed by atoms with Gasteiger partial charge in [-0.05, 0) is 57.9 Å². The second-order valence-electron chi connectivity index (χ2n) is 10.6. The van der Waals surface area contributed by atoms with Crippen molar-refractivity contribution in [3.8, 4) is 0 Å². The summed E-state index contributed by atoms with van der Waals surface area (Å²) >= 11 is 4.00. The predicted octanol–water partition coefficient (Wildman–Crippen LogP) is 9.32. The highest BCUT2D eigenvalue weighted by molar-refractivity contribution is 9.10. The van der Waals surface area contributed by atoms with E-state index in [4.69, 9.17) is 0 Å². The van der Waals surface area contributed by atoms with Gasteiger partial charge in [-0.3, -0.25) is 0 Å². The highest BCUT2D eigenvalue weighted by atomic mass is 79.9. The summed E-state index contributed by atoms with van der Waals surface area (Å²) in [6, 6.07) is 0.796. The largest absolute Gasteiger partial charge is 0.314 e. The summed E-state index contributed by atoms with van der Waals surface area (Å²) in [5.74, 6) is 0.939. The Balaban J connectivity index is 1.85. The van der Waals surface area contributed by atoms with Gasteiger partial charge in [-0.1, -0.05) is 119 Å². The molecule has 1 aliphatic carbocycles. The zero-order valence-corrected chi connectivity index (χ0v) is 21.4. The summed E-state index contributed by atoms with van der Waals surface area (Å²) in [5, 5.41) is 4.08. The van der Waals surface area contributed by atoms with Crippen molar-refractivity contribution in [1.29, 1.82) is 0 Å². The zero-order valence-electron chi connectivity index (χ0n) is 19.8. The van der Waals surface area contributed by atoms with Crippen molar-refractivity contribution < 1.29 is 0 Å². The highest BCUT2D eigenvalue weighted by Crippen LogP contribution is 2.32. The Labute approximate surface area is 192 Å². The predicted molar refractivity (Wildman–Crippen MR) is 134 cm³/mol. The van der Waals surface area contributed by atoms with Gasteiger partial charge in [0.15, 0.2) is 0 Å². The van der Waals surface area contributed by atoms with Crippen LogP contribution < -0.4 is 5.32 Å². The van der Waals surface area contributed by atoms with E-state index in [1.165, 1.54) is 148 Å². The molecule has 2 rings (SSSR count). The Hall–Kier alpha value is 0.440. The van der Waals surface area contributed by atoms with Crippen LogP contribution in [0.25, 0.3) is 0 Å². The van der Waals surface area contributed by atoms with Crippen molar-refractivity contribution >= 4 is 15.9 Å². The quantitative estimate of drug-likeness (QED) is 0.376. The number of alkyl halides is 1. The third kappa shape index (κ3) is 12.8. The van der Waals surface area contributed by atoms with E-state index < -0.39 is 0 Å². The summed E-state index contributed by atoms with van der Waals surface area (Å²) in [7, 11) is 0. The summed E-state index contributed by atoms with van der Waals surface area (Å²) in [4.78, 5) is 0. The van der Waals surface area contributed by atoms with Gasteiger partial charge in [-0.25, -0.2) is 0 Å². The van der Waals surface area contributed by atoms with Gasteiger partial charge < -0.3 is 5.32 Å². The van der Waals surface area contributed by atoms with Crippen molar-refractivity contribution in [2.75, 3.05) is 6.54 Å². The van der Waals surface area contributed by atoms with Crippen LogP contribution in [0.5, 0.6) is 0 Å². The van der Waals surface area contributed by atoms with Gasteiger partial charge in [-0.15, -0.1) is 0 Å². The third-order valence-corrected chi connectivity index (χ3v) is 8.51. The molecule has 1 nitrogen and oxygen atoms in total. The first-order chi connectivity index (χ1) is 14.2. The molecular weight excluding hydrogens is 418 g/mol. The van der Waals surface area contributed by atoms with Gasteiger partial charge in [0.25, 0.3) is 0 Å². The molecule has 1 N–H and O–H groups in total. The average Bonchev–Trinajstić information content (AvgIpc) is 2.72. The second-order valence-corrected chi connectivity index (χ2v) is 12.5. The van der Waals surface area contributed by atoms with Crippen molar-refractivity contribution in [2.45, 2.75) is 159 Å². The van der Waals surface area contributed by atoms with Crippen molar-refractivity contribution in [1.82, 2.24) is 5.32 Å². The molecule has 2 unspecified atom stereocenters. The molecule has 0 bridgehead atoms. The summed E-state index contributed by atoms with van der Waals surface area (Å²) < 4.78 is 0.389. The summed E-state index contributed by atoms with van der Waals surface area (Å²) in [6.07, 6.45) is 31.8. The number of nitrogens with one attached hydrogen (secondary N) is 1. The molecule has 0 radical (unpaired) electrons. The van der Waals surface area contributed by atoms with E-state index in [2.05, 4.69) is 28.2 Å². The van der Waals surface area contributed by atoms with E-state index in [9.17, 15) is 0 Å². The number of hydrogen-bond donors (Lipinski definition) is 1. The molecule has 0 spiro atoms. The van der Waals surface area contributed by atoms with Gasteiger partial charge in [0.1, 0.15) is 0 Å². The van der Waals surface area contributed by atoms with Crippen molar-refractivity contribution in [2.24, 2.45) is 5.92 Å². The van der Waals surface area contributed by atoms with Crippen LogP contribution in [0.15, 0.2) is 0 Å². The fourth-order valence-electron chi connectivity index (χ4n) is 5.70. The fraction of sp³-hybridized carbons (Fsp3) is 1.00. The topological polar surface area (TPSA) is 12.0 Å². The smallest absolute Gasteiger partial charge is 0.0229 e. The standard InChI is InChI=1S/C27H52BrN/c1-27(28)22-16-11-10-15-21-26(29-24-18-12-17-23-27)25-19-13-8-6-4-2-3-5-7-9-14-20-25/h25-26,29H,2-24H2,1H3. The molecule has 0 amide bonds. The van der Waals surface area contributed by atoms with Crippen molar-refractivity contribution in [3.05, 3.63) is 0 Å². The summed E-state index contributed by atoms with van der Waals surface area (Å²) in [6.45, 7) is 3.67. The third-order valence-electron chi connectivity index (χ3n) is 7.71. The lowest BCUT2D eigenvalue weighted by molar-refractivity contribution is 0.276. The van der Waals surface area contributed by atoms with Crippen LogP contribution in [-0.4, -0.2) is 16.9 Å². The molecule has 1 heterocycles. The zero-order chi connectivity index (χ0) is 20.6. The monoisotopic (exact) mass is 469 g/mol. The van der Waals surface area contributed by atoms with Crippen LogP contribution in [0, 0.1) is 5.92 Å². The normalized spacial score (nSPS) is 32.3. The van der Waals surface area contributed by atoms with Crippen LogP contribution in [0.1, 0.15) is 148 Å². The first-order valence-electron chi connectivity index (χ1n) is 13.6. The van der Waals surface area contributed by atoms with Crippen molar-refractivity contribution in [3.63, 3.8) is 0 Å². The molecule has 2 atom stereocenters. The first kappa shape index (κ1) is 25.7. The van der Waals surface area contributed by atoms with E-state index >= 15 is 0 Å². The average molecular weight is 471 g/mol. The molecule has 0 aromatic rings. The Morgan fingerprint density at radius 2 is 0.966 bits per heavy atom. The van der Waals surface area contributed by atoms with E-state index in [1.807, 2.05) is 0 Å². The van der Waals surface area contributed by atoms with Crippen LogP contribution in [0.3, 0.4) is 0 Å². The Morgan fingerprint density at radius 1 is 0.552 bits per heavy atom. The van der Waals surface area contributed by atoms with Gasteiger partial charge in [0.2, 0.25) is 0 Å². The number of hydrogen-bond acceptors (Lipinski definition) is 1. The molecule has 2 heteroatoms. The minimum Gasteiger partial charge on any atom is -0.314 e. The lowest BCUT2D eigenvalue weighted by atomic mass is 9.85. The molecule has 0 aromatic carbocycles. The fourth-order valence-corrected chi connectivity index (χ4v) is 6.26. The maximum Gasteiger partial charge on any atom is 0.0229 e. The molecule has 29 heavy (non-hydrogen) atoms. The number of halogens is 1. The van der Waals surface area contributed by atoms with Gasteiger partial charge in [0.05, 0.1) is 0 Å². The van der Waals surface area contributed by atoms with Gasteiger partial charge in [-0.2, -0.15) is 0 Å². The molecule has 1 aliphatic heterocycles. The van der Waals surface area contributed by atoms with Crippen LogP contribution in [-0.2, 0) is 0 Å². The van der Waals surface area contributed by atoms with Crippen LogP contribution in [0.4, 0.5) is 0 Å². The highest BCUT2D eigenvalue weighted by Gasteiger charge is 2.22. The van der Waals surface area contributed by atoms with Gasteiger partial charge in [0, 0.05) is 10.4 Å². The Kier molecular flexibility index (Phi) is 14.3. The van der Waals surface area contributed by atoms with Crippen LogP contribution >= 0.6 is 15.9 Å². The van der Waals surface area contributed by atoms with Gasteiger partial charge >= 0.3 is 0 Å². The Morgan fingerprint density at radius 3 is 1.52 bits per heavy atom. The SMILES string of the molecule is CC1(Br)CCCCCCC(C2CCCCCCCCCCCC2)NCCCCC1. The molecule has 2 aliphatic rings. The Bertz CT molecular complexity index is 349. The van der Waals surface area contributed by atoms with E-state index in [0.717, 1.165) is 12.0 Å². The first-order valence-corrected chi connectivity index (χ1v) is 14.4. The molecule has 172 valence electrons. The summed E-state index contributed by atoms with van der Waals surface area (Å²) in [5.41, 5.74) is 0. The molecular formula is C27H52BrN.